The number of methoxy groups -OCH3 is 1. The highest BCUT2D eigenvalue weighted by atomic mass is 35.5. The Kier molecular flexibility index (Phi) is 6.20. The number of pyridine rings is 1. The number of aliphatic hydroxyl groups is 1. The molecule has 0 saturated heterocycles. The zero-order chi connectivity index (χ0) is 21.0. The van der Waals surface area contributed by atoms with E-state index in [1.807, 2.05) is 36.4 Å². The molecule has 29 heavy (non-hydrogen) atoms. The largest absolute Gasteiger partial charge is 0.492 e. The van der Waals surface area contributed by atoms with Gasteiger partial charge in [0, 0.05) is 17.3 Å². The molecule has 0 spiro atoms. The summed E-state index contributed by atoms with van der Waals surface area (Å²) in [6.07, 6.45) is 1.69. The van der Waals surface area contributed by atoms with E-state index in [1.54, 1.807) is 20.0 Å². The van der Waals surface area contributed by atoms with Crippen LogP contribution < -0.4 is 4.74 Å². The number of carbonyl (C=O) groups excluding carboxylic acids is 1. The number of H-pyrrole nitrogens is 1. The molecule has 0 radical (unpaired) electrons. The van der Waals surface area contributed by atoms with Crippen LogP contribution in [-0.2, 0) is 16.1 Å². The number of carbonyl (C=O) groups is 1. The van der Waals surface area contributed by atoms with Gasteiger partial charge in [-0.05, 0) is 50.2 Å². The fourth-order valence-corrected chi connectivity index (χ4v) is 2.85. The van der Waals surface area contributed by atoms with Gasteiger partial charge in [-0.1, -0.05) is 11.6 Å². The van der Waals surface area contributed by atoms with Crippen molar-refractivity contribution in [3.8, 4) is 28.4 Å². The molecule has 1 aromatic carbocycles. The minimum absolute atomic E-state index is 0.216. The van der Waals surface area contributed by atoms with Crippen LogP contribution in [0.3, 0.4) is 0 Å². The van der Waals surface area contributed by atoms with Gasteiger partial charge in [-0.3, -0.25) is 9.78 Å². The number of aromatic nitrogens is 3. The van der Waals surface area contributed by atoms with Crippen molar-refractivity contribution in [2.24, 2.45) is 5.41 Å². The number of esters is 1. The van der Waals surface area contributed by atoms with Crippen molar-refractivity contribution in [3.63, 3.8) is 0 Å². The first-order valence-corrected chi connectivity index (χ1v) is 9.35. The lowest BCUT2D eigenvalue weighted by Crippen LogP contribution is -2.32. The third kappa shape index (κ3) is 4.75. The first-order valence-electron chi connectivity index (χ1n) is 8.97. The van der Waals surface area contributed by atoms with Gasteiger partial charge in [0.1, 0.15) is 29.0 Å². The number of benzene rings is 1. The van der Waals surface area contributed by atoms with Gasteiger partial charge < -0.3 is 19.6 Å². The highest BCUT2D eigenvalue weighted by molar-refractivity contribution is 6.30. The molecular formula is C21H22ClN3O4. The van der Waals surface area contributed by atoms with Gasteiger partial charge in [0.2, 0.25) is 0 Å². The van der Waals surface area contributed by atoms with Crippen molar-refractivity contribution < 1.29 is 19.4 Å². The molecule has 0 unspecified atom stereocenters. The van der Waals surface area contributed by atoms with Gasteiger partial charge in [-0.25, -0.2) is 4.98 Å². The van der Waals surface area contributed by atoms with E-state index in [-0.39, 0.29) is 19.2 Å². The molecule has 0 saturated carbocycles. The fraction of sp³-hybridized carbons (Fsp3) is 0.286. The van der Waals surface area contributed by atoms with E-state index in [1.165, 1.54) is 7.11 Å². The number of hydrogen-bond donors (Lipinski definition) is 2. The monoisotopic (exact) mass is 415 g/mol. The number of halogens is 1. The first-order chi connectivity index (χ1) is 13.8. The van der Waals surface area contributed by atoms with E-state index in [2.05, 4.69) is 15.0 Å². The molecule has 0 atom stereocenters. The number of imidazole rings is 1. The van der Waals surface area contributed by atoms with Crippen molar-refractivity contribution in [1.82, 2.24) is 15.0 Å². The topological polar surface area (TPSA) is 97.3 Å². The number of ether oxygens (including phenoxy) is 2. The third-order valence-corrected chi connectivity index (χ3v) is 4.72. The van der Waals surface area contributed by atoms with E-state index in [0.717, 1.165) is 16.8 Å². The molecule has 3 rings (SSSR count). The molecule has 0 aliphatic carbocycles. The SMILES string of the molecule is COC(=O)C(C)(C)COc1ccc(-c2ccc(-c3nc(CO)c(Cl)[nH]3)cn2)cc1. The van der Waals surface area contributed by atoms with Crippen LogP contribution in [0.15, 0.2) is 42.6 Å². The van der Waals surface area contributed by atoms with E-state index in [4.69, 9.17) is 21.1 Å². The standard InChI is InChI=1S/C21H22ClN3O4/c1-21(2,20(27)28-3)12-29-15-7-4-13(5-8-15)16-9-6-14(10-23-16)19-24-17(11-26)18(22)25-19/h4-10,26H,11-12H2,1-3H3,(H,24,25). The summed E-state index contributed by atoms with van der Waals surface area (Å²) in [4.78, 5) is 23.4. The van der Waals surface area contributed by atoms with E-state index >= 15 is 0 Å². The molecule has 3 aromatic rings. The number of aliphatic hydroxyl groups excluding tert-OH is 1. The Morgan fingerprint density at radius 2 is 1.86 bits per heavy atom. The van der Waals surface area contributed by atoms with Crippen molar-refractivity contribution in [2.75, 3.05) is 13.7 Å². The average molecular weight is 416 g/mol. The second-order valence-electron chi connectivity index (χ2n) is 7.12. The highest BCUT2D eigenvalue weighted by Gasteiger charge is 2.29. The summed E-state index contributed by atoms with van der Waals surface area (Å²) in [6, 6.07) is 11.2. The molecule has 0 bridgehead atoms. The van der Waals surface area contributed by atoms with Crippen LogP contribution in [0.4, 0.5) is 0 Å². The molecule has 2 heterocycles. The smallest absolute Gasteiger partial charge is 0.314 e. The minimum atomic E-state index is -0.727. The Labute approximate surface area is 173 Å². The Balaban J connectivity index is 1.69. The summed E-state index contributed by atoms with van der Waals surface area (Å²) in [5.41, 5.74) is 2.15. The maximum atomic E-state index is 11.7. The second-order valence-corrected chi connectivity index (χ2v) is 7.50. The molecular weight excluding hydrogens is 394 g/mol. The molecule has 7 nitrogen and oxygen atoms in total. The predicted molar refractivity (Wildman–Crippen MR) is 109 cm³/mol. The normalized spacial score (nSPS) is 11.3. The van der Waals surface area contributed by atoms with Gasteiger partial charge in [-0.2, -0.15) is 0 Å². The fourth-order valence-electron chi connectivity index (χ4n) is 2.66. The Bertz CT molecular complexity index is 982. The van der Waals surface area contributed by atoms with Gasteiger partial charge in [0.05, 0.1) is 24.8 Å². The molecule has 152 valence electrons. The van der Waals surface area contributed by atoms with Crippen LogP contribution in [0.5, 0.6) is 5.75 Å². The number of aromatic amines is 1. The summed E-state index contributed by atoms with van der Waals surface area (Å²) in [6.45, 7) is 3.53. The Hall–Kier alpha value is -2.90. The van der Waals surface area contributed by atoms with Crippen molar-refractivity contribution >= 4 is 17.6 Å². The lowest BCUT2D eigenvalue weighted by atomic mass is 9.95. The summed E-state index contributed by atoms with van der Waals surface area (Å²) in [5.74, 6) is 0.890. The minimum Gasteiger partial charge on any atom is -0.492 e. The van der Waals surface area contributed by atoms with Crippen LogP contribution in [0, 0.1) is 5.41 Å². The molecule has 0 amide bonds. The second kappa shape index (κ2) is 8.63. The van der Waals surface area contributed by atoms with Crippen LogP contribution in [0.25, 0.3) is 22.6 Å². The van der Waals surface area contributed by atoms with Gasteiger partial charge in [0.15, 0.2) is 0 Å². The van der Waals surface area contributed by atoms with Crippen LogP contribution >= 0.6 is 11.6 Å². The molecule has 0 aliphatic rings. The maximum absolute atomic E-state index is 11.7. The van der Waals surface area contributed by atoms with Gasteiger partial charge >= 0.3 is 5.97 Å². The van der Waals surface area contributed by atoms with E-state index < -0.39 is 5.41 Å². The van der Waals surface area contributed by atoms with Crippen molar-refractivity contribution in [1.29, 1.82) is 0 Å². The summed E-state index contributed by atoms with van der Waals surface area (Å²) >= 11 is 5.98. The zero-order valence-corrected chi connectivity index (χ0v) is 17.2. The van der Waals surface area contributed by atoms with Crippen LogP contribution in [0.1, 0.15) is 19.5 Å². The lowest BCUT2D eigenvalue weighted by molar-refractivity contribution is -0.152. The molecule has 0 aliphatic heterocycles. The molecule has 8 heteroatoms. The summed E-state index contributed by atoms with van der Waals surface area (Å²) in [5, 5.41) is 9.52. The number of nitrogens with one attached hydrogen (secondary N) is 1. The van der Waals surface area contributed by atoms with Crippen LogP contribution in [0.2, 0.25) is 5.15 Å². The van der Waals surface area contributed by atoms with E-state index in [0.29, 0.717) is 22.4 Å². The first kappa shape index (κ1) is 20.8. The van der Waals surface area contributed by atoms with E-state index in [9.17, 15) is 9.90 Å². The van der Waals surface area contributed by atoms with Crippen molar-refractivity contribution in [3.05, 3.63) is 53.4 Å². The quantitative estimate of drug-likeness (QED) is 0.568. The zero-order valence-electron chi connectivity index (χ0n) is 16.4. The molecule has 2 aromatic heterocycles. The Morgan fingerprint density at radius 1 is 1.17 bits per heavy atom. The summed E-state index contributed by atoms with van der Waals surface area (Å²) < 4.78 is 10.5. The molecule has 2 N–H and O–H groups in total. The number of hydrogen-bond acceptors (Lipinski definition) is 6. The van der Waals surface area contributed by atoms with Gasteiger partial charge in [-0.15, -0.1) is 0 Å². The van der Waals surface area contributed by atoms with Gasteiger partial charge in [0.25, 0.3) is 0 Å². The summed E-state index contributed by atoms with van der Waals surface area (Å²) in [7, 11) is 1.36. The molecule has 0 fully saturated rings. The van der Waals surface area contributed by atoms with Crippen LogP contribution in [-0.4, -0.2) is 39.7 Å². The predicted octanol–water partition coefficient (Wildman–Crippen LogP) is 3.86. The highest BCUT2D eigenvalue weighted by Crippen LogP contribution is 2.26. The number of rotatable bonds is 7. The third-order valence-electron chi connectivity index (χ3n) is 4.40. The van der Waals surface area contributed by atoms with Crippen molar-refractivity contribution in [2.45, 2.75) is 20.5 Å². The Morgan fingerprint density at radius 3 is 2.41 bits per heavy atom. The maximum Gasteiger partial charge on any atom is 0.314 e. The average Bonchev–Trinajstić information content (AvgIpc) is 3.13. The lowest BCUT2D eigenvalue weighted by Gasteiger charge is -2.21. The number of nitrogens with zero attached hydrogens (tertiary/aromatic N) is 2.